The van der Waals surface area contributed by atoms with Crippen LogP contribution in [0.15, 0.2) is 47.7 Å². The van der Waals surface area contributed by atoms with E-state index in [-0.39, 0.29) is 0 Å². The first kappa shape index (κ1) is 20.8. The molecule has 7 heteroatoms. The lowest BCUT2D eigenvalue weighted by molar-refractivity contribution is 0.326. The van der Waals surface area contributed by atoms with Gasteiger partial charge in [-0.25, -0.2) is 4.99 Å². The highest BCUT2D eigenvalue weighted by atomic mass is 16.5. The third kappa shape index (κ3) is 5.76. The molecule has 1 atom stereocenters. The first-order valence-corrected chi connectivity index (χ1v) is 10.0. The molecular weight excluding hydrogens is 368 g/mol. The van der Waals surface area contributed by atoms with Crippen LogP contribution in [0.5, 0.6) is 17.2 Å². The van der Waals surface area contributed by atoms with Crippen molar-refractivity contribution in [1.29, 1.82) is 0 Å². The Hall–Kier alpha value is -2.96. The molecule has 7 nitrogen and oxygen atoms in total. The summed E-state index contributed by atoms with van der Waals surface area (Å²) in [5.41, 5.74) is 1.24. The summed E-state index contributed by atoms with van der Waals surface area (Å²) < 4.78 is 16.5. The number of rotatable bonds is 8. The Kier molecular flexibility index (Phi) is 7.55. The third-order valence-corrected chi connectivity index (χ3v) is 4.92. The predicted octanol–water partition coefficient (Wildman–Crippen LogP) is 2.93. The van der Waals surface area contributed by atoms with Crippen LogP contribution in [0.2, 0.25) is 0 Å². The Bertz CT molecular complexity index is 776. The third-order valence-electron chi connectivity index (χ3n) is 4.92. The number of aromatic nitrogens is 1. The zero-order valence-corrected chi connectivity index (χ0v) is 17.4. The van der Waals surface area contributed by atoms with Crippen molar-refractivity contribution < 1.29 is 14.2 Å². The van der Waals surface area contributed by atoms with Crippen molar-refractivity contribution in [2.45, 2.75) is 19.3 Å². The lowest BCUT2D eigenvalue weighted by atomic mass is 9.98. The van der Waals surface area contributed by atoms with Gasteiger partial charge in [0.05, 0.1) is 27.0 Å². The number of likely N-dealkylation sites (tertiary alicyclic amines) is 1. The minimum Gasteiger partial charge on any atom is -0.497 e. The molecule has 0 aliphatic carbocycles. The molecule has 1 aliphatic heterocycles. The van der Waals surface area contributed by atoms with Crippen molar-refractivity contribution in [1.82, 2.24) is 15.2 Å². The van der Waals surface area contributed by atoms with Crippen molar-refractivity contribution in [2.75, 3.05) is 47.0 Å². The summed E-state index contributed by atoms with van der Waals surface area (Å²) in [5.74, 6) is 3.76. The van der Waals surface area contributed by atoms with E-state index in [0.717, 1.165) is 49.3 Å². The number of hydrogen-bond acceptors (Lipinski definition) is 5. The van der Waals surface area contributed by atoms with E-state index in [1.54, 1.807) is 26.6 Å². The van der Waals surface area contributed by atoms with E-state index in [1.807, 2.05) is 18.2 Å². The maximum absolute atomic E-state index is 5.70. The number of hydrogen-bond donors (Lipinski definition) is 1. The summed E-state index contributed by atoms with van der Waals surface area (Å²) in [5, 5.41) is 3.40. The van der Waals surface area contributed by atoms with Crippen molar-refractivity contribution in [3.8, 4) is 17.2 Å². The molecule has 1 aromatic heterocycles. The lowest BCUT2D eigenvalue weighted by Gasteiger charge is -2.22. The molecule has 156 valence electrons. The van der Waals surface area contributed by atoms with Crippen LogP contribution >= 0.6 is 0 Å². The van der Waals surface area contributed by atoms with Crippen LogP contribution in [0.3, 0.4) is 0 Å². The van der Waals surface area contributed by atoms with Gasteiger partial charge in [0.15, 0.2) is 5.96 Å². The monoisotopic (exact) mass is 398 g/mol. The normalized spacial score (nSPS) is 16.6. The molecule has 0 bridgehead atoms. The van der Waals surface area contributed by atoms with E-state index < -0.39 is 0 Å². The minimum atomic E-state index is 0.412. The minimum absolute atomic E-state index is 0.412. The van der Waals surface area contributed by atoms with Gasteiger partial charge in [0.25, 0.3) is 0 Å². The highest BCUT2D eigenvalue weighted by molar-refractivity contribution is 5.80. The Labute approximate surface area is 172 Å². The van der Waals surface area contributed by atoms with Gasteiger partial charge in [-0.05, 0) is 43.2 Å². The van der Waals surface area contributed by atoms with Crippen LogP contribution in [0.1, 0.15) is 24.8 Å². The van der Waals surface area contributed by atoms with E-state index >= 15 is 0 Å². The number of pyridine rings is 1. The van der Waals surface area contributed by atoms with Gasteiger partial charge in [0.2, 0.25) is 0 Å². The fourth-order valence-electron chi connectivity index (χ4n) is 3.46. The first-order chi connectivity index (χ1) is 14.2. The second-order valence-corrected chi connectivity index (χ2v) is 6.85. The van der Waals surface area contributed by atoms with Crippen LogP contribution in [-0.2, 0) is 0 Å². The summed E-state index contributed by atoms with van der Waals surface area (Å²) in [6, 6.07) is 9.87. The average molecular weight is 399 g/mol. The average Bonchev–Trinajstić information content (AvgIpc) is 3.26. The molecule has 1 N–H and O–H groups in total. The Morgan fingerprint density at radius 1 is 1.21 bits per heavy atom. The summed E-state index contributed by atoms with van der Waals surface area (Å²) in [4.78, 5) is 11.1. The molecule has 0 radical (unpaired) electrons. The summed E-state index contributed by atoms with van der Waals surface area (Å²) >= 11 is 0. The van der Waals surface area contributed by atoms with Gasteiger partial charge in [-0.2, -0.15) is 0 Å². The molecule has 29 heavy (non-hydrogen) atoms. The number of aliphatic imine (C=N–C) groups is 1. The molecule has 0 saturated carbocycles. The lowest BCUT2D eigenvalue weighted by Crippen LogP contribution is -2.40. The van der Waals surface area contributed by atoms with E-state index in [4.69, 9.17) is 19.2 Å². The molecule has 2 heterocycles. The van der Waals surface area contributed by atoms with Gasteiger partial charge in [-0.1, -0.05) is 0 Å². The van der Waals surface area contributed by atoms with Gasteiger partial charge in [0.1, 0.15) is 23.9 Å². The topological polar surface area (TPSA) is 68.2 Å². The smallest absolute Gasteiger partial charge is 0.194 e. The van der Waals surface area contributed by atoms with Crippen molar-refractivity contribution in [3.05, 3.63) is 48.3 Å². The molecule has 2 aromatic rings. The fourth-order valence-corrected chi connectivity index (χ4v) is 3.46. The molecule has 1 aromatic carbocycles. The van der Waals surface area contributed by atoms with E-state index in [0.29, 0.717) is 19.1 Å². The number of nitrogens with zero attached hydrogens (tertiary/aromatic N) is 3. The second-order valence-electron chi connectivity index (χ2n) is 6.85. The molecule has 3 rings (SSSR count). The maximum atomic E-state index is 5.70. The number of ether oxygens (including phenoxy) is 3. The van der Waals surface area contributed by atoms with Gasteiger partial charge >= 0.3 is 0 Å². The van der Waals surface area contributed by atoms with Crippen LogP contribution in [0, 0.1) is 0 Å². The number of nitrogens with one attached hydrogen (secondary N) is 1. The summed E-state index contributed by atoms with van der Waals surface area (Å²) in [6.45, 7) is 5.89. The van der Waals surface area contributed by atoms with Gasteiger partial charge in [-0.3, -0.25) is 4.98 Å². The van der Waals surface area contributed by atoms with Crippen molar-refractivity contribution in [3.63, 3.8) is 0 Å². The Balaban J connectivity index is 1.61. The predicted molar refractivity (Wildman–Crippen MR) is 114 cm³/mol. The first-order valence-electron chi connectivity index (χ1n) is 10.0. The highest BCUT2D eigenvalue weighted by Crippen LogP contribution is 2.32. The van der Waals surface area contributed by atoms with Gasteiger partial charge in [-0.15, -0.1) is 0 Å². The van der Waals surface area contributed by atoms with E-state index in [1.165, 1.54) is 5.56 Å². The van der Waals surface area contributed by atoms with Crippen LogP contribution in [0.25, 0.3) is 0 Å². The molecule has 1 saturated heterocycles. The Morgan fingerprint density at radius 2 is 2.00 bits per heavy atom. The van der Waals surface area contributed by atoms with Crippen molar-refractivity contribution >= 4 is 5.96 Å². The summed E-state index contributed by atoms with van der Waals surface area (Å²) in [7, 11) is 3.37. The Morgan fingerprint density at radius 3 is 2.66 bits per heavy atom. The van der Waals surface area contributed by atoms with Crippen LogP contribution < -0.4 is 19.5 Å². The summed E-state index contributed by atoms with van der Waals surface area (Å²) in [6.07, 6.45) is 4.51. The number of methoxy groups -OCH3 is 2. The standard InChI is InChI=1S/C22H30N4O3/c1-4-24-22(25-9-11-29-19-6-5-8-23-15-19)26-10-7-17(16-26)18-12-20(27-2)14-21(13-18)28-3/h5-6,8,12-15,17H,4,7,9-11,16H2,1-3H3,(H,24,25). The molecule has 1 unspecified atom stereocenters. The molecule has 1 fully saturated rings. The number of guanidine groups is 1. The second kappa shape index (κ2) is 10.5. The fraction of sp³-hybridized carbons (Fsp3) is 0.455. The van der Waals surface area contributed by atoms with E-state index in [2.05, 4.69) is 34.3 Å². The zero-order chi connectivity index (χ0) is 20.5. The number of benzene rings is 1. The molecule has 0 spiro atoms. The van der Waals surface area contributed by atoms with Crippen LogP contribution in [-0.4, -0.2) is 62.8 Å². The van der Waals surface area contributed by atoms with E-state index in [9.17, 15) is 0 Å². The molecule has 1 aliphatic rings. The quantitative estimate of drug-likeness (QED) is 0.419. The van der Waals surface area contributed by atoms with Crippen LogP contribution in [0.4, 0.5) is 0 Å². The maximum Gasteiger partial charge on any atom is 0.194 e. The largest absolute Gasteiger partial charge is 0.497 e. The van der Waals surface area contributed by atoms with Gasteiger partial charge < -0.3 is 24.4 Å². The zero-order valence-electron chi connectivity index (χ0n) is 17.4. The highest BCUT2D eigenvalue weighted by Gasteiger charge is 2.26. The van der Waals surface area contributed by atoms with Crippen molar-refractivity contribution in [2.24, 2.45) is 4.99 Å². The van der Waals surface area contributed by atoms with Gasteiger partial charge in [0, 0.05) is 37.8 Å². The molecule has 0 amide bonds. The SMILES string of the molecule is CCNC(=NCCOc1cccnc1)N1CCC(c2cc(OC)cc(OC)c2)C1. The molecular formula is C22H30N4O3.